The summed E-state index contributed by atoms with van der Waals surface area (Å²) >= 11 is 0. The lowest BCUT2D eigenvalue weighted by atomic mass is 9.84. The molecule has 2 atom stereocenters. The van der Waals surface area contributed by atoms with Crippen LogP contribution in [0.25, 0.3) is 0 Å². The molecule has 0 bridgehead atoms. The second kappa shape index (κ2) is 5.58. The van der Waals surface area contributed by atoms with Crippen molar-refractivity contribution in [1.82, 2.24) is 0 Å². The number of nitrogens with two attached hydrogens (primary N) is 1. The van der Waals surface area contributed by atoms with E-state index < -0.39 is 0 Å². The van der Waals surface area contributed by atoms with Crippen molar-refractivity contribution >= 4 is 0 Å². The second-order valence-corrected chi connectivity index (χ2v) is 5.67. The van der Waals surface area contributed by atoms with E-state index in [1.807, 2.05) is 0 Å². The van der Waals surface area contributed by atoms with Gasteiger partial charge in [-0.05, 0) is 38.8 Å². The highest BCUT2D eigenvalue weighted by atomic mass is 14.6. The fraction of sp³-hybridized carbons (Fsp3) is 0.333. The zero-order valence-electron chi connectivity index (χ0n) is 12.3. The summed E-state index contributed by atoms with van der Waals surface area (Å²) in [6.07, 6.45) is 0. The fourth-order valence-electron chi connectivity index (χ4n) is 2.76. The van der Waals surface area contributed by atoms with E-state index in [1.54, 1.807) is 0 Å². The van der Waals surface area contributed by atoms with E-state index in [-0.39, 0.29) is 12.0 Å². The normalized spacial score (nSPS) is 14.2. The molecule has 1 unspecified atom stereocenters. The third-order valence-electron chi connectivity index (χ3n) is 3.57. The molecule has 2 aromatic carbocycles. The first-order valence-corrected chi connectivity index (χ1v) is 6.87. The minimum atomic E-state index is 0.101. The summed E-state index contributed by atoms with van der Waals surface area (Å²) in [5, 5.41) is 0. The molecule has 0 amide bonds. The quantitative estimate of drug-likeness (QED) is 0.876. The van der Waals surface area contributed by atoms with E-state index in [0.29, 0.717) is 0 Å². The average Bonchev–Trinajstić information content (AvgIpc) is 2.30. The van der Waals surface area contributed by atoms with E-state index in [0.717, 1.165) is 0 Å². The Labute approximate surface area is 116 Å². The highest BCUT2D eigenvalue weighted by molar-refractivity contribution is 5.39. The molecule has 19 heavy (non-hydrogen) atoms. The van der Waals surface area contributed by atoms with Gasteiger partial charge >= 0.3 is 0 Å². The van der Waals surface area contributed by atoms with Crippen LogP contribution in [0.2, 0.25) is 0 Å². The van der Waals surface area contributed by atoms with Crippen LogP contribution in [-0.2, 0) is 0 Å². The molecule has 0 fully saturated rings. The average molecular weight is 253 g/mol. The molecule has 100 valence electrons. The molecule has 0 saturated heterocycles. The predicted octanol–water partition coefficient (Wildman–Crippen LogP) is 4.09. The molecule has 0 radical (unpaired) electrons. The van der Waals surface area contributed by atoms with E-state index in [4.69, 9.17) is 5.73 Å². The Balaban J connectivity index is 2.48. The van der Waals surface area contributed by atoms with E-state index in [1.165, 1.54) is 27.8 Å². The van der Waals surface area contributed by atoms with E-state index in [2.05, 4.69) is 70.2 Å². The van der Waals surface area contributed by atoms with Crippen molar-refractivity contribution in [2.75, 3.05) is 0 Å². The fourth-order valence-corrected chi connectivity index (χ4v) is 2.76. The number of aryl methyl sites for hydroxylation is 3. The molecule has 0 saturated carbocycles. The summed E-state index contributed by atoms with van der Waals surface area (Å²) in [6, 6.07) is 15.5. The van der Waals surface area contributed by atoms with Gasteiger partial charge in [0.2, 0.25) is 0 Å². The maximum atomic E-state index is 6.24. The molecule has 1 heteroatoms. The zero-order chi connectivity index (χ0) is 14.0. The third kappa shape index (κ3) is 3.24. The first kappa shape index (κ1) is 13.8. The molecular weight excluding hydrogens is 230 g/mol. The number of benzene rings is 2. The lowest BCUT2D eigenvalue weighted by molar-refractivity contribution is 0.644. The Kier molecular flexibility index (Phi) is 4.06. The molecule has 0 aromatic heterocycles. The van der Waals surface area contributed by atoms with Crippen molar-refractivity contribution in [3.8, 4) is 0 Å². The molecule has 2 rings (SSSR count). The van der Waals surface area contributed by atoms with Crippen LogP contribution in [0.3, 0.4) is 0 Å². The van der Waals surface area contributed by atoms with Crippen LogP contribution in [0.15, 0.2) is 42.5 Å². The minimum Gasteiger partial charge on any atom is -0.327 e. The van der Waals surface area contributed by atoms with Gasteiger partial charge in [-0.2, -0.15) is 0 Å². The summed E-state index contributed by atoms with van der Waals surface area (Å²) in [4.78, 5) is 0. The van der Waals surface area contributed by atoms with Gasteiger partial charge in [-0.3, -0.25) is 0 Å². The lowest BCUT2D eigenvalue weighted by Gasteiger charge is -2.23. The van der Waals surface area contributed by atoms with Crippen LogP contribution in [0.1, 0.15) is 40.7 Å². The lowest BCUT2D eigenvalue weighted by Crippen LogP contribution is -2.25. The Morgan fingerprint density at radius 3 is 1.74 bits per heavy atom. The van der Waals surface area contributed by atoms with Crippen molar-refractivity contribution in [2.45, 2.75) is 39.7 Å². The van der Waals surface area contributed by atoms with Crippen molar-refractivity contribution in [2.24, 2.45) is 5.73 Å². The van der Waals surface area contributed by atoms with Crippen LogP contribution in [0.4, 0.5) is 0 Å². The minimum absolute atomic E-state index is 0.101. The van der Waals surface area contributed by atoms with E-state index >= 15 is 0 Å². The number of hydrogen-bond acceptors (Lipinski definition) is 1. The zero-order valence-corrected chi connectivity index (χ0v) is 12.3. The molecular formula is C18H23N. The van der Waals surface area contributed by atoms with Crippen LogP contribution in [0, 0.1) is 20.8 Å². The maximum Gasteiger partial charge on any atom is 0.0238 e. The summed E-state index contributed by atoms with van der Waals surface area (Å²) < 4.78 is 0. The Bertz CT molecular complexity index is 532. The predicted molar refractivity (Wildman–Crippen MR) is 82.6 cm³/mol. The van der Waals surface area contributed by atoms with Gasteiger partial charge in [-0.15, -0.1) is 0 Å². The van der Waals surface area contributed by atoms with Crippen LogP contribution >= 0.6 is 0 Å². The molecule has 0 spiro atoms. The molecule has 0 heterocycles. The highest BCUT2D eigenvalue weighted by Crippen LogP contribution is 2.29. The maximum absolute atomic E-state index is 6.24. The summed E-state index contributed by atoms with van der Waals surface area (Å²) in [6.45, 7) is 8.48. The van der Waals surface area contributed by atoms with Crippen molar-refractivity contribution in [3.63, 3.8) is 0 Å². The topological polar surface area (TPSA) is 26.0 Å². The van der Waals surface area contributed by atoms with Crippen molar-refractivity contribution < 1.29 is 0 Å². The molecule has 2 N–H and O–H groups in total. The first-order chi connectivity index (χ1) is 8.97. The first-order valence-electron chi connectivity index (χ1n) is 6.87. The van der Waals surface area contributed by atoms with Crippen LogP contribution in [-0.4, -0.2) is 6.04 Å². The van der Waals surface area contributed by atoms with Crippen LogP contribution < -0.4 is 5.73 Å². The van der Waals surface area contributed by atoms with Gasteiger partial charge in [-0.1, -0.05) is 59.2 Å². The molecule has 0 aliphatic heterocycles. The molecule has 1 nitrogen and oxygen atoms in total. The van der Waals surface area contributed by atoms with Crippen molar-refractivity contribution in [3.05, 3.63) is 70.3 Å². The van der Waals surface area contributed by atoms with Gasteiger partial charge in [0.05, 0.1) is 0 Å². The van der Waals surface area contributed by atoms with Gasteiger partial charge in [-0.25, -0.2) is 0 Å². The number of rotatable bonds is 3. The monoisotopic (exact) mass is 253 g/mol. The highest BCUT2D eigenvalue weighted by Gasteiger charge is 2.18. The second-order valence-electron chi connectivity index (χ2n) is 5.67. The van der Waals surface area contributed by atoms with Gasteiger partial charge < -0.3 is 5.73 Å². The van der Waals surface area contributed by atoms with Gasteiger partial charge in [0.1, 0.15) is 0 Å². The van der Waals surface area contributed by atoms with Crippen LogP contribution in [0.5, 0.6) is 0 Å². The Morgan fingerprint density at radius 2 is 1.26 bits per heavy atom. The number of hydrogen-bond donors (Lipinski definition) is 1. The smallest absolute Gasteiger partial charge is 0.0238 e. The largest absolute Gasteiger partial charge is 0.327 e. The van der Waals surface area contributed by atoms with E-state index in [9.17, 15) is 0 Å². The molecule has 0 aliphatic carbocycles. The summed E-state index contributed by atoms with van der Waals surface area (Å²) in [5.41, 5.74) is 12.7. The molecule has 2 aromatic rings. The summed E-state index contributed by atoms with van der Waals surface area (Å²) in [5.74, 6) is 0.263. The van der Waals surface area contributed by atoms with Gasteiger partial charge in [0.15, 0.2) is 0 Å². The summed E-state index contributed by atoms with van der Waals surface area (Å²) in [7, 11) is 0. The van der Waals surface area contributed by atoms with Gasteiger partial charge in [0, 0.05) is 12.0 Å². The third-order valence-corrected chi connectivity index (χ3v) is 3.57. The molecule has 0 aliphatic rings. The Hall–Kier alpha value is -1.60. The van der Waals surface area contributed by atoms with Gasteiger partial charge in [0.25, 0.3) is 0 Å². The Morgan fingerprint density at radius 1 is 0.737 bits per heavy atom. The van der Waals surface area contributed by atoms with Crippen molar-refractivity contribution in [1.29, 1.82) is 0 Å². The standard InChI is InChI=1S/C18H23N/c1-12-5-7-16(8-6-12)18(15(4)19)17-10-13(2)9-14(3)11-17/h5-11,15,18H,19H2,1-4H3/t15-,18?/m1/s1. The SMILES string of the molecule is Cc1ccc(C(c2cc(C)cc(C)c2)[C@@H](C)N)cc1.